The van der Waals surface area contributed by atoms with Crippen molar-refractivity contribution in [2.75, 3.05) is 13.2 Å². The second-order valence-electron chi connectivity index (χ2n) is 6.96. The Morgan fingerprint density at radius 2 is 2.11 bits per heavy atom. The predicted octanol–water partition coefficient (Wildman–Crippen LogP) is 5.19. The minimum Gasteiger partial charge on any atom is -0.492 e. The van der Waals surface area contributed by atoms with E-state index in [9.17, 15) is 4.79 Å². The number of benzene rings is 1. The molecule has 0 unspecified atom stereocenters. The van der Waals surface area contributed by atoms with Crippen LogP contribution < -0.4 is 4.74 Å². The van der Waals surface area contributed by atoms with E-state index in [-0.39, 0.29) is 17.9 Å². The molecule has 27 heavy (non-hydrogen) atoms. The molecule has 2 aromatic heterocycles. The van der Waals surface area contributed by atoms with Gasteiger partial charge >= 0.3 is 0 Å². The van der Waals surface area contributed by atoms with Crippen LogP contribution in [0.3, 0.4) is 0 Å². The molecule has 1 aromatic carbocycles. The lowest BCUT2D eigenvalue weighted by Crippen LogP contribution is -2.45. The predicted molar refractivity (Wildman–Crippen MR) is 110 cm³/mol. The van der Waals surface area contributed by atoms with Crippen LogP contribution in [0.2, 0.25) is 5.02 Å². The number of carbonyl (C=O) groups is 1. The van der Waals surface area contributed by atoms with Crippen LogP contribution in [0.15, 0.2) is 47.2 Å². The van der Waals surface area contributed by atoms with Gasteiger partial charge in [0.2, 0.25) is 5.91 Å². The Bertz CT molecular complexity index is 982. The first-order valence-corrected chi connectivity index (χ1v) is 11.2. The van der Waals surface area contributed by atoms with Crippen molar-refractivity contribution in [3.63, 3.8) is 0 Å². The summed E-state index contributed by atoms with van der Waals surface area (Å²) in [5, 5.41) is 4.91. The molecule has 5 rings (SSSR count). The highest BCUT2D eigenvalue weighted by Gasteiger charge is 2.37. The Kier molecular flexibility index (Phi) is 4.46. The zero-order chi connectivity index (χ0) is 18.4. The van der Waals surface area contributed by atoms with E-state index in [2.05, 4.69) is 33.9 Å². The zero-order valence-corrected chi connectivity index (χ0v) is 16.9. The van der Waals surface area contributed by atoms with Gasteiger partial charge in [-0.3, -0.25) is 4.79 Å². The first-order chi connectivity index (χ1) is 13.2. The molecule has 6 heteroatoms. The molecule has 0 fully saturated rings. The minimum absolute atomic E-state index is 0.0215. The number of thiophene rings is 2. The molecular weight excluding hydrogens is 398 g/mol. The second kappa shape index (κ2) is 6.97. The molecule has 2 aliphatic heterocycles. The third kappa shape index (κ3) is 3.08. The molecular formula is C21H18ClNO2S2. The van der Waals surface area contributed by atoms with Crippen LogP contribution in [0.1, 0.15) is 26.9 Å². The van der Waals surface area contributed by atoms with Crippen LogP contribution in [0.5, 0.6) is 5.75 Å². The lowest BCUT2D eigenvalue weighted by atomic mass is 9.92. The number of hydrogen-bond donors (Lipinski definition) is 0. The van der Waals surface area contributed by atoms with Gasteiger partial charge in [-0.05, 0) is 65.1 Å². The largest absolute Gasteiger partial charge is 0.492 e. The van der Waals surface area contributed by atoms with Gasteiger partial charge in [0.1, 0.15) is 12.4 Å². The molecule has 3 nitrogen and oxygen atoms in total. The Labute approximate surface area is 171 Å². The first kappa shape index (κ1) is 17.3. The van der Waals surface area contributed by atoms with Crippen LogP contribution in [-0.4, -0.2) is 24.0 Å². The van der Waals surface area contributed by atoms with Crippen LogP contribution in [0, 0.1) is 5.92 Å². The summed E-state index contributed by atoms with van der Waals surface area (Å²) in [6.07, 6.45) is 1.61. The Hall–Kier alpha value is -1.82. The van der Waals surface area contributed by atoms with Crippen molar-refractivity contribution in [3.8, 4) is 5.75 Å². The zero-order valence-electron chi connectivity index (χ0n) is 14.6. The summed E-state index contributed by atoms with van der Waals surface area (Å²) < 4.78 is 5.88. The van der Waals surface area contributed by atoms with Gasteiger partial charge in [-0.2, -0.15) is 0 Å². The molecule has 0 N–H and O–H groups in total. The quantitative estimate of drug-likeness (QED) is 0.576. The van der Waals surface area contributed by atoms with E-state index in [1.807, 2.05) is 18.2 Å². The number of fused-ring (bicyclic) bond motifs is 2. The fourth-order valence-electron chi connectivity index (χ4n) is 4.06. The SMILES string of the molecule is O=C([C@H]1COc2ccc(Cl)cc2C1)N1CCc2sccc2[C@@H]1c1cccs1. The molecule has 2 atom stereocenters. The maximum absolute atomic E-state index is 13.5. The Morgan fingerprint density at radius 1 is 1.19 bits per heavy atom. The summed E-state index contributed by atoms with van der Waals surface area (Å²) in [6, 6.07) is 12.0. The smallest absolute Gasteiger partial charge is 0.230 e. The molecule has 0 bridgehead atoms. The summed E-state index contributed by atoms with van der Waals surface area (Å²) in [6.45, 7) is 1.19. The van der Waals surface area contributed by atoms with Gasteiger partial charge in [0.25, 0.3) is 0 Å². The van der Waals surface area contributed by atoms with E-state index in [1.54, 1.807) is 22.7 Å². The molecule has 0 spiro atoms. The number of rotatable bonds is 2. The Balaban J connectivity index is 1.46. The molecule has 1 amide bonds. The Morgan fingerprint density at radius 3 is 2.96 bits per heavy atom. The highest BCUT2D eigenvalue weighted by molar-refractivity contribution is 7.10. The molecule has 2 aliphatic rings. The minimum atomic E-state index is -0.168. The van der Waals surface area contributed by atoms with Gasteiger partial charge in [-0.15, -0.1) is 22.7 Å². The molecule has 4 heterocycles. The van der Waals surface area contributed by atoms with Crippen molar-refractivity contribution in [1.82, 2.24) is 4.90 Å². The van der Waals surface area contributed by atoms with E-state index >= 15 is 0 Å². The van der Waals surface area contributed by atoms with E-state index in [0.717, 1.165) is 24.3 Å². The van der Waals surface area contributed by atoms with Crippen molar-refractivity contribution >= 4 is 40.2 Å². The highest BCUT2D eigenvalue weighted by atomic mass is 35.5. The van der Waals surface area contributed by atoms with Crippen molar-refractivity contribution in [2.24, 2.45) is 5.92 Å². The summed E-state index contributed by atoms with van der Waals surface area (Å²) >= 11 is 9.65. The van der Waals surface area contributed by atoms with Crippen LogP contribution in [-0.2, 0) is 17.6 Å². The lowest BCUT2D eigenvalue weighted by molar-refractivity contribution is -0.139. The average molecular weight is 416 g/mol. The third-order valence-electron chi connectivity index (χ3n) is 5.34. The summed E-state index contributed by atoms with van der Waals surface area (Å²) in [4.78, 5) is 18.2. The van der Waals surface area contributed by atoms with E-state index in [1.165, 1.54) is 15.3 Å². The summed E-state index contributed by atoms with van der Waals surface area (Å²) in [5.74, 6) is 0.853. The average Bonchev–Trinajstić information content (AvgIpc) is 3.37. The normalized spacial score (nSPS) is 21.3. The fraction of sp³-hybridized carbons (Fsp3) is 0.286. The van der Waals surface area contributed by atoms with Gasteiger partial charge in [0.15, 0.2) is 0 Å². The van der Waals surface area contributed by atoms with Gasteiger partial charge < -0.3 is 9.64 Å². The highest BCUT2D eigenvalue weighted by Crippen LogP contribution is 2.41. The standard InChI is InChI=1S/C21H18ClNO2S2/c22-15-3-4-17-13(11-15)10-14(12-25-17)21(24)23-7-5-18-16(6-9-27-18)20(23)19-2-1-8-26-19/h1-4,6,8-9,11,14,20H,5,7,10,12H2/t14-,20-/m1/s1. The van der Waals surface area contributed by atoms with Gasteiger partial charge in [0, 0.05) is 21.3 Å². The van der Waals surface area contributed by atoms with Crippen molar-refractivity contribution in [3.05, 3.63) is 73.1 Å². The number of nitrogens with zero attached hydrogens (tertiary/aromatic N) is 1. The molecule has 0 radical (unpaired) electrons. The molecule has 0 aliphatic carbocycles. The molecule has 138 valence electrons. The topological polar surface area (TPSA) is 29.5 Å². The monoisotopic (exact) mass is 415 g/mol. The maximum Gasteiger partial charge on any atom is 0.230 e. The molecule has 0 saturated carbocycles. The lowest BCUT2D eigenvalue weighted by Gasteiger charge is -2.38. The number of carbonyl (C=O) groups excluding carboxylic acids is 1. The van der Waals surface area contributed by atoms with E-state index < -0.39 is 0 Å². The maximum atomic E-state index is 13.5. The van der Waals surface area contributed by atoms with Crippen molar-refractivity contribution in [1.29, 1.82) is 0 Å². The third-order valence-corrected chi connectivity index (χ3v) is 7.50. The van der Waals surface area contributed by atoms with Gasteiger partial charge in [-0.1, -0.05) is 17.7 Å². The number of halogens is 1. The van der Waals surface area contributed by atoms with Crippen LogP contribution >= 0.6 is 34.3 Å². The van der Waals surface area contributed by atoms with Gasteiger partial charge in [0.05, 0.1) is 12.0 Å². The second-order valence-corrected chi connectivity index (χ2v) is 9.38. The molecule has 0 saturated heterocycles. The number of hydrogen-bond acceptors (Lipinski definition) is 4. The number of amides is 1. The summed E-state index contributed by atoms with van der Waals surface area (Å²) in [7, 11) is 0. The summed E-state index contributed by atoms with van der Waals surface area (Å²) in [5.41, 5.74) is 2.30. The first-order valence-electron chi connectivity index (χ1n) is 9.02. The molecule has 3 aromatic rings. The van der Waals surface area contributed by atoms with Gasteiger partial charge in [-0.25, -0.2) is 0 Å². The van der Waals surface area contributed by atoms with Crippen molar-refractivity contribution < 1.29 is 9.53 Å². The van der Waals surface area contributed by atoms with Crippen molar-refractivity contribution in [2.45, 2.75) is 18.9 Å². The van der Waals surface area contributed by atoms with E-state index in [4.69, 9.17) is 16.3 Å². The van der Waals surface area contributed by atoms with E-state index in [0.29, 0.717) is 18.1 Å². The van der Waals surface area contributed by atoms with Crippen LogP contribution in [0.25, 0.3) is 0 Å². The van der Waals surface area contributed by atoms with Crippen LogP contribution in [0.4, 0.5) is 0 Å². The number of ether oxygens (including phenoxy) is 1. The fourth-order valence-corrected chi connectivity index (χ4v) is 6.02.